The van der Waals surface area contributed by atoms with Gasteiger partial charge in [0.25, 0.3) is 5.91 Å². The van der Waals surface area contributed by atoms with Crippen LogP contribution in [0, 0.1) is 0 Å². The van der Waals surface area contributed by atoms with E-state index in [1.807, 2.05) is 11.8 Å². The largest absolute Gasteiger partial charge is 0.378 e. The molecule has 88 valence electrons. The van der Waals surface area contributed by atoms with Crippen LogP contribution in [0.1, 0.15) is 17.4 Å². The molecular weight excluding hydrogens is 210 g/mol. The van der Waals surface area contributed by atoms with Crippen LogP contribution in [0.3, 0.4) is 0 Å². The van der Waals surface area contributed by atoms with Crippen molar-refractivity contribution >= 4 is 11.8 Å². The van der Waals surface area contributed by atoms with Crippen LogP contribution in [0.25, 0.3) is 0 Å². The lowest BCUT2D eigenvalue weighted by atomic mass is 10.3. The van der Waals surface area contributed by atoms with Crippen molar-refractivity contribution in [2.75, 3.05) is 37.7 Å². The van der Waals surface area contributed by atoms with E-state index < -0.39 is 0 Å². The first-order valence-corrected chi connectivity index (χ1v) is 5.39. The van der Waals surface area contributed by atoms with E-state index in [4.69, 9.17) is 9.26 Å². The molecule has 1 aromatic rings. The van der Waals surface area contributed by atoms with Crippen molar-refractivity contribution in [1.29, 1.82) is 0 Å². The molecule has 6 nitrogen and oxygen atoms in total. The van der Waals surface area contributed by atoms with Crippen LogP contribution < -0.4 is 10.2 Å². The average Bonchev–Trinajstić information content (AvgIpc) is 2.80. The molecule has 0 spiro atoms. The van der Waals surface area contributed by atoms with Gasteiger partial charge in [-0.2, -0.15) is 0 Å². The van der Waals surface area contributed by atoms with Crippen LogP contribution >= 0.6 is 0 Å². The van der Waals surface area contributed by atoms with Crippen LogP contribution in [0.15, 0.2) is 10.6 Å². The number of ether oxygens (including phenoxy) is 1. The van der Waals surface area contributed by atoms with Crippen molar-refractivity contribution in [3.63, 3.8) is 0 Å². The van der Waals surface area contributed by atoms with Crippen LogP contribution in [-0.2, 0) is 4.74 Å². The van der Waals surface area contributed by atoms with Crippen molar-refractivity contribution in [2.24, 2.45) is 0 Å². The molecule has 16 heavy (non-hydrogen) atoms. The minimum atomic E-state index is -0.203. The standard InChI is InChI=1S/C10H15N3O3/c1-2-11-10(14)8-7-9(16-12-8)13-3-5-15-6-4-13/h7H,2-6H2,1H3,(H,11,14). The number of rotatable bonds is 3. The molecule has 1 amide bonds. The van der Waals surface area contributed by atoms with E-state index in [-0.39, 0.29) is 5.91 Å². The number of hydrogen-bond donors (Lipinski definition) is 1. The summed E-state index contributed by atoms with van der Waals surface area (Å²) in [5.41, 5.74) is 0.323. The van der Waals surface area contributed by atoms with Crippen molar-refractivity contribution in [1.82, 2.24) is 10.5 Å². The monoisotopic (exact) mass is 225 g/mol. The zero-order valence-corrected chi connectivity index (χ0v) is 9.23. The van der Waals surface area contributed by atoms with E-state index in [0.717, 1.165) is 13.1 Å². The Hall–Kier alpha value is -1.56. The van der Waals surface area contributed by atoms with Gasteiger partial charge in [0, 0.05) is 25.7 Å². The molecule has 1 aliphatic heterocycles. The van der Waals surface area contributed by atoms with Gasteiger partial charge in [-0.05, 0) is 6.92 Å². The van der Waals surface area contributed by atoms with Crippen LogP contribution in [0.5, 0.6) is 0 Å². The molecular formula is C10H15N3O3. The average molecular weight is 225 g/mol. The number of aromatic nitrogens is 1. The highest BCUT2D eigenvalue weighted by atomic mass is 16.5. The van der Waals surface area contributed by atoms with Crippen molar-refractivity contribution in [3.05, 3.63) is 11.8 Å². The molecule has 1 aromatic heterocycles. The maximum absolute atomic E-state index is 11.5. The van der Waals surface area contributed by atoms with Crippen molar-refractivity contribution in [3.8, 4) is 0 Å². The van der Waals surface area contributed by atoms with Gasteiger partial charge in [-0.15, -0.1) is 0 Å². The molecule has 0 unspecified atom stereocenters. The maximum atomic E-state index is 11.5. The summed E-state index contributed by atoms with van der Waals surface area (Å²) in [5, 5.41) is 6.41. The molecule has 1 N–H and O–H groups in total. The Balaban J connectivity index is 2.03. The Morgan fingerprint density at radius 3 is 3.00 bits per heavy atom. The fraction of sp³-hybridized carbons (Fsp3) is 0.600. The summed E-state index contributed by atoms with van der Waals surface area (Å²) in [4.78, 5) is 13.5. The van der Waals surface area contributed by atoms with Gasteiger partial charge in [0.15, 0.2) is 5.69 Å². The first-order chi connectivity index (χ1) is 7.81. The number of nitrogens with zero attached hydrogens (tertiary/aromatic N) is 2. The smallest absolute Gasteiger partial charge is 0.273 e. The van der Waals surface area contributed by atoms with Gasteiger partial charge in [0.2, 0.25) is 5.88 Å². The van der Waals surface area contributed by atoms with Crippen molar-refractivity contribution < 1.29 is 14.1 Å². The summed E-state index contributed by atoms with van der Waals surface area (Å²) in [6.07, 6.45) is 0. The summed E-state index contributed by atoms with van der Waals surface area (Å²) in [6, 6.07) is 1.66. The van der Waals surface area contributed by atoms with E-state index in [1.165, 1.54) is 0 Å². The molecule has 2 rings (SSSR count). The van der Waals surface area contributed by atoms with Crippen molar-refractivity contribution in [2.45, 2.75) is 6.92 Å². The number of hydrogen-bond acceptors (Lipinski definition) is 5. The lowest BCUT2D eigenvalue weighted by Crippen LogP contribution is -2.35. The highest BCUT2D eigenvalue weighted by Crippen LogP contribution is 2.16. The van der Waals surface area contributed by atoms with E-state index in [1.54, 1.807) is 6.07 Å². The molecule has 2 heterocycles. The van der Waals surface area contributed by atoms with Crippen LogP contribution in [0.2, 0.25) is 0 Å². The third-order valence-electron chi connectivity index (χ3n) is 2.39. The highest BCUT2D eigenvalue weighted by molar-refractivity contribution is 5.92. The number of morpholine rings is 1. The van der Waals surface area contributed by atoms with Gasteiger partial charge < -0.3 is 19.5 Å². The Kier molecular flexibility index (Phi) is 3.40. The lowest BCUT2D eigenvalue weighted by molar-refractivity contribution is 0.0946. The number of carbonyl (C=O) groups excluding carboxylic acids is 1. The zero-order valence-electron chi connectivity index (χ0n) is 9.23. The Morgan fingerprint density at radius 1 is 1.56 bits per heavy atom. The van der Waals surface area contributed by atoms with E-state index in [9.17, 15) is 4.79 Å². The first-order valence-electron chi connectivity index (χ1n) is 5.39. The third kappa shape index (κ3) is 2.33. The Morgan fingerprint density at radius 2 is 2.31 bits per heavy atom. The fourth-order valence-corrected chi connectivity index (χ4v) is 1.56. The topological polar surface area (TPSA) is 67.6 Å². The SMILES string of the molecule is CCNC(=O)c1cc(N2CCOCC2)on1. The zero-order chi connectivity index (χ0) is 11.4. The molecule has 0 atom stereocenters. The molecule has 0 bridgehead atoms. The lowest BCUT2D eigenvalue weighted by Gasteiger charge is -2.25. The summed E-state index contributed by atoms with van der Waals surface area (Å²) in [7, 11) is 0. The summed E-state index contributed by atoms with van der Waals surface area (Å²) >= 11 is 0. The molecule has 6 heteroatoms. The molecule has 0 aromatic carbocycles. The second-order valence-corrected chi connectivity index (χ2v) is 3.51. The Bertz CT molecular complexity index is 358. The van der Waals surface area contributed by atoms with Gasteiger partial charge in [-0.3, -0.25) is 4.79 Å². The van der Waals surface area contributed by atoms with Crippen LogP contribution in [0.4, 0.5) is 5.88 Å². The summed E-state index contributed by atoms with van der Waals surface area (Å²) in [5.74, 6) is 0.426. The maximum Gasteiger partial charge on any atom is 0.273 e. The van der Waals surface area contributed by atoms with E-state index in [0.29, 0.717) is 31.3 Å². The van der Waals surface area contributed by atoms with Gasteiger partial charge in [-0.25, -0.2) is 0 Å². The fourth-order valence-electron chi connectivity index (χ4n) is 1.56. The quantitative estimate of drug-likeness (QED) is 0.799. The van der Waals surface area contributed by atoms with E-state index >= 15 is 0 Å². The second-order valence-electron chi connectivity index (χ2n) is 3.51. The van der Waals surface area contributed by atoms with Gasteiger partial charge in [0.1, 0.15) is 0 Å². The van der Waals surface area contributed by atoms with E-state index in [2.05, 4.69) is 10.5 Å². The number of carbonyl (C=O) groups is 1. The highest BCUT2D eigenvalue weighted by Gasteiger charge is 2.18. The predicted octanol–water partition coefficient (Wildman–Crippen LogP) is 0.261. The van der Waals surface area contributed by atoms with Gasteiger partial charge >= 0.3 is 0 Å². The molecule has 0 radical (unpaired) electrons. The van der Waals surface area contributed by atoms with Gasteiger partial charge in [0.05, 0.1) is 13.2 Å². The number of nitrogens with one attached hydrogen (secondary N) is 1. The number of anilines is 1. The predicted molar refractivity (Wildman–Crippen MR) is 57.5 cm³/mol. The molecule has 1 fully saturated rings. The molecule has 0 aliphatic carbocycles. The first kappa shape index (κ1) is 10.9. The third-order valence-corrected chi connectivity index (χ3v) is 2.39. The summed E-state index contributed by atoms with van der Waals surface area (Å²) < 4.78 is 10.4. The molecule has 1 saturated heterocycles. The Labute approximate surface area is 93.5 Å². The summed E-state index contributed by atoms with van der Waals surface area (Å²) in [6.45, 7) is 5.34. The van der Waals surface area contributed by atoms with Gasteiger partial charge in [-0.1, -0.05) is 5.16 Å². The molecule has 0 saturated carbocycles. The molecule has 1 aliphatic rings. The van der Waals surface area contributed by atoms with Crippen LogP contribution in [-0.4, -0.2) is 43.9 Å². The number of amides is 1. The second kappa shape index (κ2) is 4.98. The minimum absolute atomic E-state index is 0.203. The minimum Gasteiger partial charge on any atom is -0.378 e. The normalized spacial score (nSPS) is 16.2.